The molecule has 3 aromatic heterocycles. The molecule has 0 bridgehead atoms. The molecule has 10 heteroatoms. The molecule has 4 heterocycles. The number of rotatable bonds is 7. The summed E-state index contributed by atoms with van der Waals surface area (Å²) >= 11 is 1.34. The monoisotopic (exact) mass is 561 g/mol. The zero-order chi connectivity index (χ0) is 28.6. The van der Waals surface area contributed by atoms with Gasteiger partial charge in [-0.25, -0.2) is 9.67 Å². The Bertz CT molecular complexity index is 1620. The third kappa shape index (κ3) is 5.32. The van der Waals surface area contributed by atoms with Gasteiger partial charge in [-0.05, 0) is 63.3 Å². The van der Waals surface area contributed by atoms with Crippen LogP contribution < -0.4 is 5.56 Å². The normalized spacial score (nSPS) is 15.7. The minimum Gasteiger partial charge on any atom is -0.466 e. The second-order valence-corrected chi connectivity index (χ2v) is 11.5. The van der Waals surface area contributed by atoms with Crippen molar-refractivity contribution in [2.45, 2.75) is 59.8 Å². The molecule has 210 valence electrons. The van der Waals surface area contributed by atoms with E-state index in [2.05, 4.69) is 26.0 Å². The highest BCUT2D eigenvalue weighted by Crippen LogP contribution is 2.25. The molecule has 5 rings (SSSR count). The van der Waals surface area contributed by atoms with Crippen molar-refractivity contribution in [3.05, 3.63) is 68.7 Å². The van der Waals surface area contributed by atoms with Crippen molar-refractivity contribution in [2.24, 2.45) is 5.92 Å². The lowest BCUT2D eigenvalue weighted by Gasteiger charge is -2.31. The number of likely N-dealkylation sites (tertiary alicyclic amines) is 1. The molecule has 40 heavy (non-hydrogen) atoms. The van der Waals surface area contributed by atoms with Crippen molar-refractivity contribution in [1.29, 1.82) is 0 Å². The highest BCUT2D eigenvalue weighted by molar-refractivity contribution is 7.15. The van der Waals surface area contributed by atoms with Crippen LogP contribution in [0.25, 0.3) is 21.9 Å². The first kappa shape index (κ1) is 27.8. The van der Waals surface area contributed by atoms with E-state index in [1.165, 1.54) is 21.3 Å². The van der Waals surface area contributed by atoms with Crippen LogP contribution in [-0.4, -0.2) is 55.6 Å². The summed E-state index contributed by atoms with van der Waals surface area (Å²) < 4.78 is 8.54. The predicted octanol–water partition coefficient (Wildman–Crippen LogP) is 4.69. The van der Waals surface area contributed by atoms with Crippen LogP contribution in [0.15, 0.2) is 40.5 Å². The molecule has 0 N–H and O–H groups in total. The Kier molecular flexibility index (Phi) is 7.89. The van der Waals surface area contributed by atoms with Gasteiger partial charge in [0.05, 0.1) is 35.9 Å². The van der Waals surface area contributed by atoms with Gasteiger partial charge in [0.1, 0.15) is 5.69 Å². The van der Waals surface area contributed by atoms with E-state index in [1.54, 1.807) is 11.8 Å². The fraction of sp³-hybridized carbons (Fsp3) is 0.433. The summed E-state index contributed by atoms with van der Waals surface area (Å²) in [5.74, 6) is -0.250. The Balaban J connectivity index is 1.44. The lowest BCUT2D eigenvalue weighted by atomic mass is 9.98. The molecule has 1 aromatic carbocycles. The number of carbonyl (C=O) groups is 2. The number of esters is 1. The zero-order valence-electron chi connectivity index (χ0n) is 23.6. The Labute approximate surface area is 237 Å². The average molecular weight is 562 g/mol. The van der Waals surface area contributed by atoms with Gasteiger partial charge in [-0.1, -0.05) is 26.0 Å². The second kappa shape index (κ2) is 11.4. The van der Waals surface area contributed by atoms with Crippen molar-refractivity contribution in [3.8, 4) is 16.9 Å². The molecule has 0 aliphatic carbocycles. The quantitative estimate of drug-likeness (QED) is 0.304. The van der Waals surface area contributed by atoms with Crippen molar-refractivity contribution >= 4 is 28.2 Å². The second-order valence-electron chi connectivity index (χ2n) is 10.7. The molecule has 4 aromatic rings. The number of aryl methyl sites for hydroxylation is 2. The molecule has 1 atom stereocenters. The summed E-state index contributed by atoms with van der Waals surface area (Å²) in [5.41, 5.74) is 4.98. The number of thiazole rings is 1. The molecule has 1 fully saturated rings. The fourth-order valence-electron chi connectivity index (χ4n) is 5.31. The lowest BCUT2D eigenvalue weighted by Crippen LogP contribution is -2.43. The molecular formula is C30H35N5O4S. The molecule has 0 spiro atoms. The van der Waals surface area contributed by atoms with Gasteiger partial charge in [-0.3, -0.25) is 18.8 Å². The maximum atomic E-state index is 13.9. The Hall–Kier alpha value is -3.79. The van der Waals surface area contributed by atoms with Gasteiger partial charge in [-0.2, -0.15) is 5.10 Å². The van der Waals surface area contributed by atoms with Gasteiger partial charge in [0.25, 0.3) is 5.56 Å². The standard InChI is InChI=1S/C30H35N5O4S/c1-6-39-29(38)22-8-7-13-33(16-22)26(36)15-24-17-40-30-31-20(5)27(28(37)34(24)30)25-14-19(4)35(32-25)23-11-9-21(10-12-23)18(2)3/h9-12,14,17-18,22H,6-8,13,15-16H2,1-5H3. The van der Waals surface area contributed by atoms with Crippen molar-refractivity contribution < 1.29 is 14.3 Å². The number of aromatic nitrogens is 4. The topological polar surface area (TPSA) is 98.8 Å². The minimum atomic E-state index is -0.310. The van der Waals surface area contributed by atoms with Crippen LogP contribution in [0.2, 0.25) is 0 Å². The van der Waals surface area contributed by atoms with Crippen LogP contribution in [0.4, 0.5) is 0 Å². The zero-order valence-corrected chi connectivity index (χ0v) is 24.5. The molecule has 9 nitrogen and oxygen atoms in total. The first-order valence-corrected chi connectivity index (χ1v) is 14.7. The summed E-state index contributed by atoms with van der Waals surface area (Å²) in [6, 6.07) is 10.2. The third-order valence-corrected chi connectivity index (χ3v) is 8.37. The minimum absolute atomic E-state index is 0.0509. The van der Waals surface area contributed by atoms with Crippen molar-refractivity contribution in [1.82, 2.24) is 24.1 Å². The number of hydrogen-bond donors (Lipinski definition) is 0. The highest BCUT2D eigenvalue weighted by Gasteiger charge is 2.30. The number of piperidine rings is 1. The molecule has 0 radical (unpaired) electrons. The Morgan fingerprint density at radius 3 is 2.62 bits per heavy atom. The maximum absolute atomic E-state index is 13.9. The molecular weight excluding hydrogens is 526 g/mol. The van der Waals surface area contributed by atoms with Crippen LogP contribution in [0.5, 0.6) is 0 Å². The van der Waals surface area contributed by atoms with Crippen LogP contribution in [0.3, 0.4) is 0 Å². The van der Waals surface area contributed by atoms with Crippen LogP contribution in [0.1, 0.15) is 62.2 Å². The highest BCUT2D eigenvalue weighted by atomic mass is 32.1. The van der Waals surface area contributed by atoms with Gasteiger partial charge in [-0.15, -0.1) is 11.3 Å². The number of amides is 1. The number of benzene rings is 1. The Morgan fingerprint density at radius 1 is 1.18 bits per heavy atom. The lowest BCUT2D eigenvalue weighted by molar-refractivity contribution is -0.151. The summed E-state index contributed by atoms with van der Waals surface area (Å²) in [4.78, 5) is 46.3. The largest absolute Gasteiger partial charge is 0.466 e. The van der Waals surface area contributed by atoms with Crippen molar-refractivity contribution in [3.63, 3.8) is 0 Å². The van der Waals surface area contributed by atoms with Crippen molar-refractivity contribution in [2.75, 3.05) is 19.7 Å². The smallest absolute Gasteiger partial charge is 0.310 e. The summed E-state index contributed by atoms with van der Waals surface area (Å²) in [6.45, 7) is 11.1. The molecule has 0 saturated carbocycles. The first-order chi connectivity index (χ1) is 19.2. The number of ether oxygens (including phenoxy) is 1. The van der Waals surface area contributed by atoms with E-state index >= 15 is 0 Å². The number of nitrogens with zero attached hydrogens (tertiary/aromatic N) is 5. The SMILES string of the molecule is CCOC(=O)C1CCCN(C(=O)Cc2csc3nc(C)c(-c4cc(C)n(-c5ccc(C(C)C)cc5)n4)c(=O)n23)C1. The Morgan fingerprint density at radius 2 is 1.93 bits per heavy atom. The summed E-state index contributed by atoms with van der Waals surface area (Å²) in [7, 11) is 0. The maximum Gasteiger partial charge on any atom is 0.310 e. The third-order valence-electron chi connectivity index (χ3n) is 7.50. The van der Waals surface area contributed by atoms with Gasteiger partial charge in [0, 0.05) is 29.9 Å². The van der Waals surface area contributed by atoms with Gasteiger partial charge < -0.3 is 9.64 Å². The van der Waals surface area contributed by atoms with Gasteiger partial charge in [0.2, 0.25) is 5.91 Å². The molecule has 1 amide bonds. The first-order valence-electron chi connectivity index (χ1n) is 13.8. The molecule has 1 unspecified atom stereocenters. The van der Waals surface area contributed by atoms with Crippen LogP contribution >= 0.6 is 11.3 Å². The van der Waals surface area contributed by atoms with E-state index in [9.17, 15) is 14.4 Å². The molecule has 1 aliphatic heterocycles. The van der Waals surface area contributed by atoms with E-state index in [-0.39, 0.29) is 29.8 Å². The van der Waals surface area contributed by atoms with Crippen LogP contribution in [0, 0.1) is 19.8 Å². The van der Waals surface area contributed by atoms with Gasteiger partial charge in [0.15, 0.2) is 4.96 Å². The summed E-state index contributed by atoms with van der Waals surface area (Å²) in [6.07, 6.45) is 1.51. The number of hydrogen-bond acceptors (Lipinski definition) is 7. The van der Waals surface area contributed by atoms with Gasteiger partial charge >= 0.3 is 5.97 Å². The predicted molar refractivity (Wildman–Crippen MR) is 155 cm³/mol. The summed E-state index contributed by atoms with van der Waals surface area (Å²) in [5, 5.41) is 6.61. The fourth-order valence-corrected chi connectivity index (χ4v) is 6.23. The van der Waals surface area contributed by atoms with E-state index in [0.717, 1.165) is 17.8 Å². The van der Waals surface area contributed by atoms with E-state index < -0.39 is 0 Å². The average Bonchev–Trinajstić information content (AvgIpc) is 3.51. The molecule has 1 aliphatic rings. The van der Waals surface area contributed by atoms with E-state index in [4.69, 9.17) is 14.8 Å². The molecule has 1 saturated heterocycles. The number of fused-ring (bicyclic) bond motifs is 1. The van der Waals surface area contributed by atoms with E-state index in [0.29, 0.717) is 59.6 Å². The van der Waals surface area contributed by atoms with Crippen LogP contribution in [-0.2, 0) is 20.7 Å². The number of carbonyl (C=O) groups excluding carboxylic acids is 2. The van der Waals surface area contributed by atoms with E-state index in [1.807, 2.05) is 42.1 Å².